The van der Waals surface area contributed by atoms with Gasteiger partial charge in [-0.15, -0.1) is 0 Å². The Morgan fingerprint density at radius 3 is 2.57 bits per heavy atom. The van der Waals surface area contributed by atoms with Crippen LogP contribution in [0.3, 0.4) is 0 Å². The Balaban J connectivity index is 1.74. The van der Waals surface area contributed by atoms with Crippen molar-refractivity contribution in [2.75, 3.05) is 5.32 Å². The van der Waals surface area contributed by atoms with E-state index in [-0.39, 0.29) is 17.5 Å². The third-order valence-electron chi connectivity index (χ3n) is 3.97. The van der Waals surface area contributed by atoms with Crippen LogP contribution in [0.25, 0.3) is 5.69 Å². The van der Waals surface area contributed by atoms with Crippen LogP contribution in [0.2, 0.25) is 0 Å². The molecule has 110 valence electrons. The van der Waals surface area contributed by atoms with Gasteiger partial charge in [0.05, 0.1) is 11.2 Å². The maximum absolute atomic E-state index is 12.2. The highest BCUT2D eigenvalue weighted by molar-refractivity contribution is 5.98. The maximum atomic E-state index is 12.2. The van der Waals surface area contributed by atoms with Gasteiger partial charge in [-0.3, -0.25) is 9.36 Å². The van der Waals surface area contributed by atoms with Crippen LogP contribution in [0, 0.1) is 5.92 Å². The lowest BCUT2D eigenvalue weighted by molar-refractivity contribution is -0.121. The zero-order valence-electron chi connectivity index (χ0n) is 11.8. The van der Waals surface area contributed by atoms with Crippen LogP contribution in [0.1, 0.15) is 19.8 Å². The van der Waals surface area contributed by atoms with Gasteiger partial charge in [0.25, 0.3) is 0 Å². The standard InChI is InChI=1S/C15H18N4O2/c1-15(16,10-2-3-10)13(20)18-11-4-6-12(7-5-11)19-9-8-17-14(19)21/h4-10H,2-3,16H2,1H3,(H,17,21)(H,18,20). The van der Waals surface area contributed by atoms with E-state index in [0.717, 1.165) is 18.5 Å². The molecule has 1 aromatic heterocycles. The average Bonchev–Trinajstić information content (AvgIpc) is 3.23. The summed E-state index contributed by atoms with van der Waals surface area (Å²) in [5, 5.41) is 2.83. The minimum absolute atomic E-state index is 0.170. The first-order valence-corrected chi connectivity index (χ1v) is 6.95. The van der Waals surface area contributed by atoms with Crippen molar-refractivity contribution in [2.45, 2.75) is 25.3 Å². The van der Waals surface area contributed by atoms with E-state index >= 15 is 0 Å². The molecule has 1 amide bonds. The van der Waals surface area contributed by atoms with Gasteiger partial charge in [0.1, 0.15) is 0 Å². The van der Waals surface area contributed by atoms with Crippen molar-refractivity contribution in [3.05, 3.63) is 47.1 Å². The van der Waals surface area contributed by atoms with Gasteiger partial charge in [0, 0.05) is 18.1 Å². The molecule has 6 nitrogen and oxygen atoms in total. The van der Waals surface area contributed by atoms with Gasteiger partial charge in [-0.05, 0) is 49.9 Å². The molecule has 0 aliphatic heterocycles. The Morgan fingerprint density at radius 2 is 2.05 bits per heavy atom. The molecule has 1 heterocycles. The number of aromatic nitrogens is 2. The van der Waals surface area contributed by atoms with Crippen LogP contribution in [-0.2, 0) is 4.79 Å². The minimum atomic E-state index is -0.823. The van der Waals surface area contributed by atoms with Crippen LogP contribution in [-0.4, -0.2) is 21.0 Å². The minimum Gasteiger partial charge on any atom is -0.324 e. The number of carbonyl (C=O) groups excluding carboxylic acids is 1. The van der Waals surface area contributed by atoms with Gasteiger partial charge in [0.15, 0.2) is 0 Å². The van der Waals surface area contributed by atoms with E-state index in [2.05, 4.69) is 10.3 Å². The molecular formula is C15H18N4O2. The first-order chi connectivity index (χ1) is 9.98. The van der Waals surface area contributed by atoms with Gasteiger partial charge in [-0.25, -0.2) is 4.79 Å². The molecule has 1 atom stereocenters. The van der Waals surface area contributed by atoms with E-state index in [9.17, 15) is 9.59 Å². The number of nitrogens with one attached hydrogen (secondary N) is 2. The summed E-state index contributed by atoms with van der Waals surface area (Å²) >= 11 is 0. The smallest absolute Gasteiger partial charge is 0.324 e. The molecule has 4 N–H and O–H groups in total. The Bertz CT molecular complexity index is 708. The summed E-state index contributed by atoms with van der Waals surface area (Å²) in [5.41, 5.74) is 6.46. The first kappa shape index (κ1) is 13.6. The number of imidazole rings is 1. The van der Waals surface area contributed by atoms with Gasteiger partial charge >= 0.3 is 5.69 Å². The molecule has 0 spiro atoms. The number of rotatable bonds is 4. The van der Waals surface area contributed by atoms with Crippen molar-refractivity contribution < 1.29 is 4.79 Å². The number of H-pyrrole nitrogens is 1. The number of benzene rings is 1. The molecule has 2 aromatic rings. The highest BCUT2D eigenvalue weighted by atomic mass is 16.2. The summed E-state index contributed by atoms with van der Waals surface area (Å²) in [4.78, 5) is 26.3. The van der Waals surface area contributed by atoms with Crippen molar-refractivity contribution in [3.63, 3.8) is 0 Å². The SMILES string of the molecule is CC(N)(C(=O)Nc1ccc(-n2cc[nH]c2=O)cc1)C1CC1. The third-order valence-corrected chi connectivity index (χ3v) is 3.97. The summed E-state index contributed by atoms with van der Waals surface area (Å²) < 4.78 is 1.49. The van der Waals surface area contributed by atoms with E-state index in [1.54, 1.807) is 43.6 Å². The summed E-state index contributed by atoms with van der Waals surface area (Å²) in [6, 6.07) is 7.07. The Morgan fingerprint density at radius 1 is 1.38 bits per heavy atom. The van der Waals surface area contributed by atoms with Crippen molar-refractivity contribution in [1.29, 1.82) is 0 Å². The average molecular weight is 286 g/mol. The fourth-order valence-corrected chi connectivity index (χ4v) is 2.36. The van der Waals surface area contributed by atoms with Crippen LogP contribution in [0.5, 0.6) is 0 Å². The summed E-state index contributed by atoms with van der Waals surface area (Å²) in [5.74, 6) is 0.103. The number of amides is 1. The number of anilines is 1. The molecule has 1 saturated carbocycles. The highest BCUT2D eigenvalue weighted by Crippen LogP contribution is 2.38. The lowest BCUT2D eigenvalue weighted by atomic mass is 9.96. The van der Waals surface area contributed by atoms with Gasteiger partial charge in [-0.2, -0.15) is 0 Å². The molecule has 1 unspecified atom stereocenters. The molecule has 3 rings (SSSR count). The summed E-state index contributed by atoms with van der Waals surface area (Å²) in [7, 11) is 0. The highest BCUT2D eigenvalue weighted by Gasteiger charge is 2.44. The summed E-state index contributed by atoms with van der Waals surface area (Å²) in [6.45, 7) is 1.77. The Labute approximate surface area is 122 Å². The van der Waals surface area contributed by atoms with Crippen molar-refractivity contribution in [3.8, 4) is 5.69 Å². The second-order valence-corrected chi connectivity index (χ2v) is 5.69. The molecule has 1 aliphatic carbocycles. The molecule has 1 fully saturated rings. The molecule has 0 radical (unpaired) electrons. The molecule has 0 bridgehead atoms. The zero-order chi connectivity index (χ0) is 15.0. The Kier molecular flexibility index (Phi) is 3.17. The number of hydrogen-bond acceptors (Lipinski definition) is 3. The molecule has 1 aromatic carbocycles. The second kappa shape index (κ2) is 4.89. The second-order valence-electron chi connectivity index (χ2n) is 5.69. The fraction of sp³-hybridized carbons (Fsp3) is 0.333. The monoisotopic (exact) mass is 286 g/mol. The molecular weight excluding hydrogens is 268 g/mol. The topological polar surface area (TPSA) is 92.9 Å². The van der Waals surface area contributed by atoms with Gasteiger partial charge in [-0.1, -0.05) is 0 Å². The number of hydrogen-bond donors (Lipinski definition) is 3. The first-order valence-electron chi connectivity index (χ1n) is 6.95. The number of carbonyl (C=O) groups is 1. The zero-order valence-corrected chi connectivity index (χ0v) is 11.8. The molecule has 1 aliphatic rings. The maximum Gasteiger partial charge on any atom is 0.330 e. The van der Waals surface area contributed by atoms with Crippen LogP contribution in [0.4, 0.5) is 5.69 Å². The number of nitrogens with zero attached hydrogens (tertiary/aromatic N) is 1. The largest absolute Gasteiger partial charge is 0.330 e. The van der Waals surface area contributed by atoms with Gasteiger partial charge < -0.3 is 16.0 Å². The third kappa shape index (κ3) is 2.62. The van der Waals surface area contributed by atoms with E-state index in [0.29, 0.717) is 5.69 Å². The Hall–Kier alpha value is -2.34. The molecule has 21 heavy (non-hydrogen) atoms. The number of nitrogens with two attached hydrogens (primary N) is 1. The summed E-state index contributed by atoms with van der Waals surface area (Å²) in [6.07, 6.45) is 5.25. The van der Waals surface area contributed by atoms with Gasteiger partial charge in [0.2, 0.25) is 5.91 Å². The van der Waals surface area contributed by atoms with Crippen molar-refractivity contribution >= 4 is 11.6 Å². The number of aromatic amines is 1. The normalized spacial score (nSPS) is 17.2. The molecule has 0 saturated heterocycles. The van der Waals surface area contributed by atoms with Crippen molar-refractivity contribution in [1.82, 2.24) is 9.55 Å². The van der Waals surface area contributed by atoms with Crippen LogP contribution >= 0.6 is 0 Å². The predicted octanol–water partition coefficient (Wildman–Crippen LogP) is 1.23. The van der Waals surface area contributed by atoms with E-state index < -0.39 is 5.54 Å². The van der Waals surface area contributed by atoms with Crippen LogP contribution in [0.15, 0.2) is 41.5 Å². The van der Waals surface area contributed by atoms with Crippen LogP contribution < -0.4 is 16.7 Å². The van der Waals surface area contributed by atoms with E-state index in [1.165, 1.54) is 4.57 Å². The van der Waals surface area contributed by atoms with Crippen molar-refractivity contribution in [2.24, 2.45) is 11.7 Å². The fourth-order valence-electron chi connectivity index (χ4n) is 2.36. The molecule has 6 heteroatoms. The van der Waals surface area contributed by atoms with E-state index in [4.69, 9.17) is 5.73 Å². The lowest BCUT2D eigenvalue weighted by Gasteiger charge is -2.23. The predicted molar refractivity (Wildman–Crippen MR) is 80.3 cm³/mol. The lowest BCUT2D eigenvalue weighted by Crippen LogP contribution is -2.50. The quantitative estimate of drug-likeness (QED) is 0.789. The van der Waals surface area contributed by atoms with E-state index in [1.807, 2.05) is 0 Å².